The summed E-state index contributed by atoms with van der Waals surface area (Å²) in [6.45, 7) is 5.70. The largest absolute Gasteiger partial charge is 0.381 e. The minimum Gasteiger partial charge on any atom is -0.381 e. The summed E-state index contributed by atoms with van der Waals surface area (Å²) < 4.78 is 5.58. The van der Waals surface area contributed by atoms with E-state index in [2.05, 4.69) is 20.9 Å². The van der Waals surface area contributed by atoms with Crippen molar-refractivity contribution in [1.29, 1.82) is 0 Å². The van der Waals surface area contributed by atoms with E-state index in [0.717, 1.165) is 38.4 Å². The van der Waals surface area contributed by atoms with Gasteiger partial charge in [-0.15, -0.1) is 0 Å². The Balaban J connectivity index is 1.33. The van der Waals surface area contributed by atoms with Gasteiger partial charge in [-0.2, -0.15) is 0 Å². The van der Waals surface area contributed by atoms with Crippen molar-refractivity contribution < 1.29 is 14.3 Å². The van der Waals surface area contributed by atoms with Gasteiger partial charge in [0.1, 0.15) is 0 Å². The van der Waals surface area contributed by atoms with Gasteiger partial charge in [-0.1, -0.05) is 6.07 Å². The van der Waals surface area contributed by atoms with Crippen LogP contribution in [0.3, 0.4) is 0 Å². The Morgan fingerprint density at radius 2 is 2.14 bits per heavy atom. The minimum absolute atomic E-state index is 0.103. The molecule has 1 aromatic carbocycles. The predicted octanol–water partition coefficient (Wildman–Crippen LogP) is 1.84. The van der Waals surface area contributed by atoms with E-state index < -0.39 is 0 Å². The number of nitrogens with one attached hydrogen (secondary N) is 3. The predicted molar refractivity (Wildman–Crippen MR) is 108 cm³/mol. The van der Waals surface area contributed by atoms with E-state index in [4.69, 9.17) is 4.74 Å². The third-order valence-electron chi connectivity index (χ3n) is 5.86. The number of anilines is 2. The maximum atomic E-state index is 12.5. The summed E-state index contributed by atoms with van der Waals surface area (Å²) >= 11 is 0. The molecule has 0 radical (unpaired) electrons. The maximum Gasteiger partial charge on any atom is 0.321 e. The number of urea groups is 2. The fourth-order valence-electron chi connectivity index (χ4n) is 4.37. The van der Waals surface area contributed by atoms with Crippen molar-refractivity contribution in [1.82, 2.24) is 15.5 Å². The molecule has 0 bridgehead atoms. The van der Waals surface area contributed by atoms with Gasteiger partial charge in [0, 0.05) is 49.6 Å². The molecule has 0 aliphatic carbocycles. The van der Waals surface area contributed by atoms with E-state index >= 15 is 0 Å². The van der Waals surface area contributed by atoms with Crippen LogP contribution in [0, 0.1) is 5.92 Å². The lowest BCUT2D eigenvalue weighted by atomic mass is 9.97. The number of likely N-dealkylation sites (tertiary alicyclic amines) is 1. The van der Waals surface area contributed by atoms with Crippen LogP contribution in [-0.2, 0) is 4.74 Å². The molecule has 0 aromatic heterocycles. The lowest BCUT2D eigenvalue weighted by Crippen LogP contribution is -2.48. The summed E-state index contributed by atoms with van der Waals surface area (Å²) in [5, 5.41) is 8.73. The van der Waals surface area contributed by atoms with E-state index in [1.807, 2.05) is 24.3 Å². The maximum absolute atomic E-state index is 12.5. The molecule has 3 heterocycles. The monoisotopic (exact) mass is 387 g/mol. The molecule has 4 rings (SSSR count). The molecule has 3 N–H and O–H groups in total. The Hall–Kier alpha value is -2.32. The van der Waals surface area contributed by atoms with Gasteiger partial charge in [0.25, 0.3) is 0 Å². The van der Waals surface area contributed by atoms with E-state index in [-0.39, 0.29) is 12.1 Å². The number of ether oxygens (including phenoxy) is 1. The fourth-order valence-corrected chi connectivity index (χ4v) is 4.37. The number of amides is 4. The summed E-state index contributed by atoms with van der Waals surface area (Å²) in [4.78, 5) is 28.5. The molecule has 2 atom stereocenters. The van der Waals surface area contributed by atoms with Crippen LogP contribution in [0.1, 0.15) is 19.3 Å². The molecular formula is C20H29N5O3. The second-order valence-electron chi connectivity index (χ2n) is 7.70. The van der Waals surface area contributed by atoms with E-state index in [1.54, 1.807) is 4.90 Å². The molecule has 8 heteroatoms. The quantitative estimate of drug-likeness (QED) is 0.695. The van der Waals surface area contributed by atoms with Gasteiger partial charge in [-0.25, -0.2) is 9.59 Å². The molecule has 0 spiro atoms. The van der Waals surface area contributed by atoms with Crippen LogP contribution in [0.5, 0.6) is 0 Å². The molecule has 3 aliphatic rings. The van der Waals surface area contributed by atoms with Gasteiger partial charge in [-0.3, -0.25) is 9.80 Å². The van der Waals surface area contributed by atoms with Crippen LogP contribution >= 0.6 is 0 Å². The molecule has 0 unspecified atom stereocenters. The number of carbonyl (C=O) groups is 2. The van der Waals surface area contributed by atoms with Crippen molar-refractivity contribution in [2.45, 2.75) is 25.3 Å². The number of hydrogen-bond acceptors (Lipinski definition) is 4. The van der Waals surface area contributed by atoms with Crippen LogP contribution in [0.4, 0.5) is 21.0 Å². The molecule has 8 nitrogen and oxygen atoms in total. The highest BCUT2D eigenvalue weighted by Crippen LogP contribution is 2.24. The number of benzene rings is 1. The zero-order chi connectivity index (χ0) is 19.3. The van der Waals surface area contributed by atoms with Gasteiger partial charge < -0.3 is 20.7 Å². The standard InChI is InChI=1S/C20H29N5O3/c26-19(22-13-18(15-6-11-28-14-15)24-8-1-2-9-24)23-16-4-3-5-17(12-16)25-10-7-21-20(25)27/h3-5,12,15,18H,1-2,6-11,13-14H2,(H,21,27)(H2,22,23,26)/t15-,18+/m1/s1. The van der Waals surface area contributed by atoms with Crippen molar-refractivity contribution in [3.8, 4) is 0 Å². The molecule has 1 aromatic rings. The Kier molecular flexibility index (Phi) is 5.97. The van der Waals surface area contributed by atoms with Crippen LogP contribution in [0.25, 0.3) is 0 Å². The highest BCUT2D eigenvalue weighted by atomic mass is 16.5. The van der Waals surface area contributed by atoms with Crippen molar-refractivity contribution in [3.05, 3.63) is 24.3 Å². The van der Waals surface area contributed by atoms with Gasteiger partial charge in [0.05, 0.1) is 6.61 Å². The molecule has 28 heavy (non-hydrogen) atoms. The molecule has 3 saturated heterocycles. The second kappa shape index (κ2) is 8.79. The van der Waals surface area contributed by atoms with Crippen molar-refractivity contribution >= 4 is 23.4 Å². The third kappa shape index (κ3) is 4.39. The molecular weight excluding hydrogens is 358 g/mol. The summed E-state index contributed by atoms with van der Waals surface area (Å²) in [7, 11) is 0. The van der Waals surface area contributed by atoms with E-state index in [1.165, 1.54) is 12.8 Å². The first-order valence-electron chi connectivity index (χ1n) is 10.2. The lowest BCUT2D eigenvalue weighted by molar-refractivity contribution is 0.135. The molecule has 3 fully saturated rings. The van der Waals surface area contributed by atoms with Crippen LogP contribution in [0.2, 0.25) is 0 Å². The molecule has 0 saturated carbocycles. The van der Waals surface area contributed by atoms with Gasteiger partial charge in [-0.05, 0) is 50.6 Å². The van der Waals surface area contributed by atoms with Crippen LogP contribution < -0.4 is 20.9 Å². The Bertz CT molecular complexity index is 685. The Morgan fingerprint density at radius 3 is 2.86 bits per heavy atom. The van der Waals surface area contributed by atoms with Gasteiger partial charge in [0.2, 0.25) is 0 Å². The smallest absolute Gasteiger partial charge is 0.321 e. The molecule has 152 valence electrons. The van der Waals surface area contributed by atoms with Crippen molar-refractivity contribution in [3.63, 3.8) is 0 Å². The van der Waals surface area contributed by atoms with E-state index in [0.29, 0.717) is 37.3 Å². The SMILES string of the molecule is O=C(NC[C@@H]([C@@H]1CCOC1)N1CCCC1)Nc1cccc(N2CCNC2=O)c1. The molecule has 4 amide bonds. The second-order valence-corrected chi connectivity index (χ2v) is 7.70. The lowest BCUT2D eigenvalue weighted by Gasteiger charge is -2.32. The molecule has 3 aliphatic heterocycles. The first-order chi connectivity index (χ1) is 13.7. The van der Waals surface area contributed by atoms with Crippen LogP contribution in [-0.4, -0.2) is 68.9 Å². The van der Waals surface area contributed by atoms with E-state index in [9.17, 15) is 9.59 Å². The van der Waals surface area contributed by atoms with Gasteiger partial charge in [0.15, 0.2) is 0 Å². The summed E-state index contributed by atoms with van der Waals surface area (Å²) in [6.07, 6.45) is 3.52. The average Bonchev–Trinajstić information content (AvgIpc) is 3.45. The summed E-state index contributed by atoms with van der Waals surface area (Å²) in [5.74, 6) is 0.482. The topological polar surface area (TPSA) is 85.9 Å². The normalized spacial score (nSPS) is 23.6. The Labute approximate surface area is 165 Å². The first kappa shape index (κ1) is 19.0. The fraction of sp³-hybridized carbons (Fsp3) is 0.600. The number of rotatable bonds is 6. The zero-order valence-corrected chi connectivity index (χ0v) is 16.2. The van der Waals surface area contributed by atoms with Crippen LogP contribution in [0.15, 0.2) is 24.3 Å². The van der Waals surface area contributed by atoms with Crippen molar-refractivity contribution in [2.24, 2.45) is 5.92 Å². The third-order valence-corrected chi connectivity index (χ3v) is 5.86. The zero-order valence-electron chi connectivity index (χ0n) is 16.2. The van der Waals surface area contributed by atoms with Crippen molar-refractivity contribution in [2.75, 3.05) is 56.2 Å². The number of nitrogens with zero attached hydrogens (tertiary/aromatic N) is 2. The minimum atomic E-state index is -0.217. The highest BCUT2D eigenvalue weighted by Gasteiger charge is 2.32. The summed E-state index contributed by atoms with van der Waals surface area (Å²) in [6, 6.07) is 7.39. The average molecular weight is 387 g/mol. The Morgan fingerprint density at radius 1 is 1.29 bits per heavy atom. The first-order valence-corrected chi connectivity index (χ1v) is 10.2. The number of carbonyl (C=O) groups excluding carboxylic acids is 2. The summed E-state index contributed by atoms with van der Waals surface area (Å²) in [5.41, 5.74) is 1.46. The van der Waals surface area contributed by atoms with Gasteiger partial charge >= 0.3 is 12.1 Å². The number of hydrogen-bond donors (Lipinski definition) is 3. The highest BCUT2D eigenvalue weighted by molar-refractivity contribution is 5.95.